The quantitative estimate of drug-likeness (QED) is 0.791. The second-order valence-electron chi connectivity index (χ2n) is 4.00. The summed E-state index contributed by atoms with van der Waals surface area (Å²) in [5.41, 5.74) is 1.78. The summed E-state index contributed by atoms with van der Waals surface area (Å²) in [7, 11) is 3.48. The van der Waals surface area contributed by atoms with Crippen LogP contribution in [0.15, 0.2) is 36.7 Å². The van der Waals surface area contributed by atoms with Gasteiger partial charge >= 0.3 is 0 Å². The Morgan fingerprint density at radius 2 is 2.00 bits per heavy atom. The van der Waals surface area contributed by atoms with E-state index >= 15 is 0 Å². The standard InChI is InChI=1S/C12H14N4O/c1-15(2)12(17)11-5-3-10(4-6-11)9-16-8-7-13-14-16/h3-8H,9H2,1-2H3. The molecule has 1 heterocycles. The molecule has 1 aromatic heterocycles. The van der Waals surface area contributed by atoms with Crippen molar-refractivity contribution in [1.29, 1.82) is 0 Å². The van der Waals surface area contributed by atoms with Crippen LogP contribution in [0.3, 0.4) is 0 Å². The summed E-state index contributed by atoms with van der Waals surface area (Å²) < 4.78 is 1.74. The lowest BCUT2D eigenvalue weighted by molar-refractivity contribution is 0.0827. The molecular formula is C12H14N4O. The van der Waals surface area contributed by atoms with Gasteiger partial charge in [-0.2, -0.15) is 0 Å². The Bertz CT molecular complexity index is 488. The minimum Gasteiger partial charge on any atom is -0.345 e. The van der Waals surface area contributed by atoms with Crippen LogP contribution < -0.4 is 0 Å². The highest BCUT2D eigenvalue weighted by Gasteiger charge is 2.07. The average Bonchev–Trinajstić information content (AvgIpc) is 2.82. The first-order valence-corrected chi connectivity index (χ1v) is 5.31. The molecule has 0 saturated carbocycles. The van der Waals surface area contributed by atoms with Gasteiger partial charge in [-0.25, -0.2) is 4.68 Å². The van der Waals surface area contributed by atoms with Crippen molar-refractivity contribution >= 4 is 5.91 Å². The highest BCUT2D eigenvalue weighted by Crippen LogP contribution is 2.07. The summed E-state index contributed by atoms with van der Waals surface area (Å²) >= 11 is 0. The van der Waals surface area contributed by atoms with Gasteiger partial charge in [0.2, 0.25) is 0 Å². The van der Waals surface area contributed by atoms with E-state index in [-0.39, 0.29) is 5.91 Å². The van der Waals surface area contributed by atoms with Gasteiger partial charge in [-0.05, 0) is 17.7 Å². The summed E-state index contributed by atoms with van der Waals surface area (Å²) in [5, 5.41) is 7.63. The van der Waals surface area contributed by atoms with Crippen molar-refractivity contribution in [3.05, 3.63) is 47.8 Å². The van der Waals surface area contributed by atoms with E-state index in [2.05, 4.69) is 10.3 Å². The van der Waals surface area contributed by atoms with E-state index in [4.69, 9.17) is 0 Å². The molecule has 17 heavy (non-hydrogen) atoms. The molecule has 0 spiro atoms. The van der Waals surface area contributed by atoms with E-state index < -0.39 is 0 Å². The van der Waals surface area contributed by atoms with E-state index in [0.717, 1.165) is 5.56 Å². The summed E-state index contributed by atoms with van der Waals surface area (Å²) in [6.07, 6.45) is 3.45. The Morgan fingerprint density at radius 3 is 2.53 bits per heavy atom. The van der Waals surface area contributed by atoms with E-state index in [1.807, 2.05) is 24.3 Å². The zero-order chi connectivity index (χ0) is 12.3. The first-order chi connectivity index (χ1) is 8.16. The van der Waals surface area contributed by atoms with Crippen LogP contribution in [0.5, 0.6) is 0 Å². The number of hydrogen-bond acceptors (Lipinski definition) is 3. The van der Waals surface area contributed by atoms with Crippen molar-refractivity contribution < 1.29 is 4.79 Å². The molecule has 5 nitrogen and oxygen atoms in total. The molecule has 0 aliphatic rings. The fourth-order valence-electron chi connectivity index (χ4n) is 1.52. The van der Waals surface area contributed by atoms with Gasteiger partial charge in [-0.15, -0.1) is 5.10 Å². The largest absolute Gasteiger partial charge is 0.345 e. The Morgan fingerprint density at radius 1 is 1.29 bits per heavy atom. The molecule has 5 heteroatoms. The van der Waals surface area contributed by atoms with Gasteiger partial charge in [-0.1, -0.05) is 17.3 Å². The van der Waals surface area contributed by atoms with Crippen molar-refractivity contribution in [2.24, 2.45) is 0 Å². The number of aromatic nitrogens is 3. The predicted octanol–water partition coefficient (Wildman–Crippen LogP) is 1.03. The van der Waals surface area contributed by atoms with Crippen LogP contribution in [-0.4, -0.2) is 39.9 Å². The van der Waals surface area contributed by atoms with Gasteiger partial charge in [0.1, 0.15) is 0 Å². The number of nitrogens with zero attached hydrogens (tertiary/aromatic N) is 4. The monoisotopic (exact) mass is 230 g/mol. The maximum atomic E-state index is 11.7. The highest BCUT2D eigenvalue weighted by molar-refractivity contribution is 5.93. The molecule has 2 aromatic rings. The summed E-state index contributed by atoms with van der Waals surface area (Å²) in [6, 6.07) is 7.51. The molecule has 0 unspecified atom stereocenters. The smallest absolute Gasteiger partial charge is 0.253 e. The molecule has 0 aliphatic carbocycles. The molecule has 0 fully saturated rings. The molecule has 88 valence electrons. The van der Waals surface area contributed by atoms with E-state index in [9.17, 15) is 4.79 Å². The molecule has 0 N–H and O–H groups in total. The van der Waals surface area contributed by atoms with Crippen LogP contribution in [0, 0.1) is 0 Å². The lowest BCUT2D eigenvalue weighted by Gasteiger charge is -2.10. The van der Waals surface area contributed by atoms with Crippen LogP contribution in [0.2, 0.25) is 0 Å². The number of hydrogen-bond donors (Lipinski definition) is 0. The molecule has 2 rings (SSSR count). The van der Waals surface area contributed by atoms with Crippen LogP contribution in [0.1, 0.15) is 15.9 Å². The second kappa shape index (κ2) is 4.78. The normalized spacial score (nSPS) is 10.2. The number of carbonyl (C=O) groups is 1. The van der Waals surface area contributed by atoms with Gasteiger partial charge in [0.15, 0.2) is 0 Å². The maximum absolute atomic E-state index is 11.7. The topological polar surface area (TPSA) is 51.0 Å². The van der Waals surface area contributed by atoms with Crippen molar-refractivity contribution in [3.63, 3.8) is 0 Å². The Hall–Kier alpha value is -2.17. The van der Waals surface area contributed by atoms with Gasteiger partial charge in [0.25, 0.3) is 5.91 Å². The first-order valence-electron chi connectivity index (χ1n) is 5.31. The molecule has 1 aromatic carbocycles. The first kappa shape index (κ1) is 11.3. The summed E-state index contributed by atoms with van der Waals surface area (Å²) in [5.74, 6) is 0.0114. The SMILES string of the molecule is CN(C)C(=O)c1ccc(Cn2ccnn2)cc1. The summed E-state index contributed by atoms with van der Waals surface area (Å²) in [6.45, 7) is 0.663. The average molecular weight is 230 g/mol. The predicted molar refractivity (Wildman–Crippen MR) is 63.6 cm³/mol. The molecule has 0 bridgehead atoms. The second-order valence-corrected chi connectivity index (χ2v) is 4.00. The van der Waals surface area contributed by atoms with Crippen molar-refractivity contribution in [2.45, 2.75) is 6.54 Å². The third-order valence-electron chi connectivity index (χ3n) is 2.42. The number of carbonyl (C=O) groups excluding carboxylic acids is 1. The number of benzene rings is 1. The van der Waals surface area contributed by atoms with Gasteiger partial charge in [0.05, 0.1) is 12.7 Å². The molecular weight excluding hydrogens is 216 g/mol. The molecule has 0 saturated heterocycles. The van der Waals surface area contributed by atoms with Gasteiger partial charge in [-0.3, -0.25) is 4.79 Å². The van der Waals surface area contributed by atoms with Crippen LogP contribution in [-0.2, 0) is 6.54 Å². The van der Waals surface area contributed by atoms with Crippen LogP contribution >= 0.6 is 0 Å². The third kappa shape index (κ3) is 2.69. The van der Waals surface area contributed by atoms with Crippen LogP contribution in [0.4, 0.5) is 0 Å². The van der Waals surface area contributed by atoms with Crippen molar-refractivity contribution in [2.75, 3.05) is 14.1 Å². The van der Waals surface area contributed by atoms with E-state index in [1.165, 1.54) is 0 Å². The molecule has 0 radical (unpaired) electrons. The van der Waals surface area contributed by atoms with E-state index in [1.54, 1.807) is 36.1 Å². The molecule has 0 aliphatic heterocycles. The lowest BCUT2D eigenvalue weighted by Crippen LogP contribution is -2.21. The highest BCUT2D eigenvalue weighted by atomic mass is 16.2. The summed E-state index contributed by atoms with van der Waals surface area (Å²) in [4.78, 5) is 13.2. The lowest BCUT2D eigenvalue weighted by atomic mass is 10.1. The van der Waals surface area contributed by atoms with Crippen molar-refractivity contribution in [3.8, 4) is 0 Å². The van der Waals surface area contributed by atoms with Crippen LogP contribution in [0.25, 0.3) is 0 Å². The maximum Gasteiger partial charge on any atom is 0.253 e. The number of amides is 1. The Labute approximate surface area is 99.7 Å². The Kier molecular flexibility index (Phi) is 3.18. The minimum absolute atomic E-state index is 0.0114. The minimum atomic E-state index is 0.0114. The van der Waals surface area contributed by atoms with Gasteiger partial charge in [0, 0.05) is 25.9 Å². The van der Waals surface area contributed by atoms with E-state index in [0.29, 0.717) is 12.1 Å². The fraction of sp³-hybridized carbons (Fsp3) is 0.250. The fourth-order valence-corrected chi connectivity index (χ4v) is 1.52. The zero-order valence-corrected chi connectivity index (χ0v) is 9.87. The molecule has 1 amide bonds. The van der Waals surface area contributed by atoms with Crippen molar-refractivity contribution in [1.82, 2.24) is 19.9 Å². The molecule has 0 atom stereocenters. The Balaban J connectivity index is 2.10. The number of rotatable bonds is 3. The third-order valence-corrected chi connectivity index (χ3v) is 2.42. The zero-order valence-electron chi connectivity index (χ0n) is 9.87. The van der Waals surface area contributed by atoms with Gasteiger partial charge < -0.3 is 4.90 Å².